The summed E-state index contributed by atoms with van der Waals surface area (Å²) in [5.74, 6) is 0.126. The number of nitrogens with zero attached hydrogens (tertiary/aromatic N) is 1. The average molecular weight is 417 g/mol. The van der Waals surface area contributed by atoms with Gasteiger partial charge in [-0.15, -0.1) is 0 Å². The molecule has 1 fully saturated rings. The first-order valence-corrected chi connectivity index (χ1v) is 11.4. The molecule has 3 rings (SSSR count). The van der Waals surface area contributed by atoms with Gasteiger partial charge in [0.1, 0.15) is 5.75 Å². The number of ether oxygens (including phenoxy) is 1. The summed E-state index contributed by atoms with van der Waals surface area (Å²) >= 11 is 0. The third-order valence-corrected chi connectivity index (χ3v) is 7.05. The van der Waals surface area contributed by atoms with Gasteiger partial charge in [-0.2, -0.15) is 4.31 Å². The number of nitrogens with one attached hydrogen (secondary N) is 1. The van der Waals surface area contributed by atoms with E-state index in [4.69, 9.17) is 4.74 Å². The number of carbonyl (C=O) groups excluding carboxylic acids is 1. The van der Waals surface area contributed by atoms with E-state index in [-0.39, 0.29) is 23.3 Å². The van der Waals surface area contributed by atoms with Gasteiger partial charge < -0.3 is 10.1 Å². The third-order valence-electron chi connectivity index (χ3n) is 5.17. The van der Waals surface area contributed by atoms with Crippen molar-refractivity contribution in [2.75, 3.05) is 25.0 Å². The molecule has 1 aliphatic heterocycles. The van der Waals surface area contributed by atoms with Crippen LogP contribution in [0, 0.1) is 19.8 Å². The van der Waals surface area contributed by atoms with E-state index in [1.54, 1.807) is 24.3 Å². The second-order valence-electron chi connectivity index (χ2n) is 7.41. The SMILES string of the molecule is CCOc1ccc(S(=O)(=O)N2CCCC(C(=O)Nc3ccc(C)cc3C)C2)cc1. The lowest BCUT2D eigenvalue weighted by molar-refractivity contribution is -0.120. The topological polar surface area (TPSA) is 75.7 Å². The first-order valence-electron chi connectivity index (χ1n) is 9.92. The zero-order chi connectivity index (χ0) is 21.0. The molecule has 2 aromatic rings. The molecule has 0 bridgehead atoms. The Balaban J connectivity index is 1.71. The number of rotatable bonds is 6. The van der Waals surface area contributed by atoms with Gasteiger partial charge in [0.2, 0.25) is 15.9 Å². The van der Waals surface area contributed by atoms with Crippen LogP contribution in [-0.2, 0) is 14.8 Å². The number of carbonyl (C=O) groups is 1. The molecule has 7 heteroatoms. The molecule has 0 radical (unpaired) electrons. The monoisotopic (exact) mass is 416 g/mol. The molecule has 1 saturated heterocycles. The first-order chi connectivity index (χ1) is 13.8. The number of hydrogen-bond donors (Lipinski definition) is 1. The number of aryl methyl sites for hydroxylation is 2. The van der Waals surface area contributed by atoms with Crippen molar-refractivity contribution in [2.24, 2.45) is 5.92 Å². The molecule has 1 amide bonds. The highest BCUT2D eigenvalue weighted by atomic mass is 32.2. The standard InChI is InChI=1S/C22H28N2O4S/c1-4-28-19-8-10-20(11-9-19)29(26,27)24-13-5-6-18(15-24)22(25)23-21-12-7-16(2)14-17(21)3/h7-12,14,18H,4-6,13,15H2,1-3H3,(H,23,25). The summed E-state index contributed by atoms with van der Waals surface area (Å²) in [7, 11) is -3.65. The fraction of sp³-hybridized carbons (Fsp3) is 0.409. The molecule has 156 valence electrons. The lowest BCUT2D eigenvalue weighted by atomic mass is 9.98. The molecule has 1 unspecified atom stereocenters. The molecular weight excluding hydrogens is 388 g/mol. The van der Waals surface area contributed by atoms with Gasteiger partial charge in [0.15, 0.2) is 0 Å². The predicted octanol–water partition coefficient (Wildman–Crippen LogP) is 3.74. The molecule has 1 aliphatic rings. The summed E-state index contributed by atoms with van der Waals surface area (Å²) in [5.41, 5.74) is 2.89. The average Bonchev–Trinajstić information content (AvgIpc) is 2.71. The molecule has 6 nitrogen and oxygen atoms in total. The minimum absolute atomic E-state index is 0.136. The molecule has 0 aliphatic carbocycles. The van der Waals surface area contributed by atoms with Crippen LogP contribution in [0.1, 0.15) is 30.9 Å². The van der Waals surface area contributed by atoms with Crippen LogP contribution in [0.2, 0.25) is 0 Å². The lowest BCUT2D eigenvalue weighted by Crippen LogP contribution is -2.43. The fourth-order valence-corrected chi connectivity index (χ4v) is 5.11. The molecule has 0 saturated carbocycles. The van der Waals surface area contributed by atoms with E-state index in [2.05, 4.69) is 5.32 Å². The number of benzene rings is 2. The molecule has 1 atom stereocenters. The minimum Gasteiger partial charge on any atom is -0.494 e. The van der Waals surface area contributed by atoms with Crippen molar-refractivity contribution < 1.29 is 17.9 Å². The van der Waals surface area contributed by atoms with Crippen molar-refractivity contribution in [1.29, 1.82) is 0 Å². The van der Waals surface area contributed by atoms with Gasteiger partial charge in [-0.1, -0.05) is 17.7 Å². The summed E-state index contributed by atoms with van der Waals surface area (Å²) in [6.45, 7) is 6.96. The van der Waals surface area contributed by atoms with Crippen LogP contribution in [0.3, 0.4) is 0 Å². The lowest BCUT2D eigenvalue weighted by Gasteiger charge is -2.31. The number of hydrogen-bond acceptors (Lipinski definition) is 4. The third kappa shape index (κ3) is 4.97. The first kappa shape index (κ1) is 21.3. The Labute approximate surface area is 172 Å². The molecule has 0 spiro atoms. The van der Waals surface area contributed by atoms with Crippen molar-refractivity contribution in [3.05, 3.63) is 53.6 Å². The highest BCUT2D eigenvalue weighted by Gasteiger charge is 2.33. The zero-order valence-corrected chi connectivity index (χ0v) is 18.0. The Morgan fingerprint density at radius 1 is 1.17 bits per heavy atom. The number of piperidine rings is 1. The normalized spacial score (nSPS) is 17.7. The van der Waals surface area contributed by atoms with E-state index in [0.29, 0.717) is 31.7 Å². The van der Waals surface area contributed by atoms with Crippen LogP contribution in [0.15, 0.2) is 47.4 Å². The maximum absolute atomic E-state index is 13.0. The summed E-state index contributed by atoms with van der Waals surface area (Å²) in [6.07, 6.45) is 1.33. The zero-order valence-electron chi connectivity index (χ0n) is 17.1. The molecular formula is C22H28N2O4S. The van der Waals surface area contributed by atoms with Crippen LogP contribution in [-0.4, -0.2) is 38.3 Å². The van der Waals surface area contributed by atoms with Crippen LogP contribution in [0.5, 0.6) is 5.75 Å². The van der Waals surface area contributed by atoms with Crippen LogP contribution < -0.4 is 10.1 Å². The van der Waals surface area contributed by atoms with Gasteiger partial charge in [0.25, 0.3) is 0 Å². The van der Waals surface area contributed by atoms with Crippen molar-refractivity contribution in [3.8, 4) is 5.75 Å². The summed E-state index contributed by atoms with van der Waals surface area (Å²) < 4.78 is 32.9. The Kier molecular flexibility index (Phi) is 6.59. The summed E-state index contributed by atoms with van der Waals surface area (Å²) in [6, 6.07) is 12.3. The second-order valence-corrected chi connectivity index (χ2v) is 9.35. The van der Waals surface area contributed by atoms with Gasteiger partial charge in [0.05, 0.1) is 17.4 Å². The highest BCUT2D eigenvalue weighted by molar-refractivity contribution is 7.89. The van der Waals surface area contributed by atoms with E-state index < -0.39 is 10.0 Å². The minimum atomic E-state index is -3.65. The maximum Gasteiger partial charge on any atom is 0.243 e. The summed E-state index contributed by atoms with van der Waals surface area (Å²) in [5, 5.41) is 2.96. The van der Waals surface area contributed by atoms with E-state index in [1.807, 2.05) is 39.0 Å². The van der Waals surface area contributed by atoms with Gasteiger partial charge >= 0.3 is 0 Å². The fourth-order valence-electron chi connectivity index (χ4n) is 3.59. The Morgan fingerprint density at radius 3 is 2.55 bits per heavy atom. The Hall–Kier alpha value is -2.38. The van der Waals surface area contributed by atoms with Crippen molar-refractivity contribution in [3.63, 3.8) is 0 Å². The van der Waals surface area contributed by atoms with Gasteiger partial charge in [-0.25, -0.2) is 8.42 Å². The molecule has 1 N–H and O–H groups in total. The van der Waals surface area contributed by atoms with Gasteiger partial charge in [0, 0.05) is 18.8 Å². The van der Waals surface area contributed by atoms with Gasteiger partial charge in [-0.3, -0.25) is 4.79 Å². The highest BCUT2D eigenvalue weighted by Crippen LogP contribution is 2.26. The van der Waals surface area contributed by atoms with E-state index in [9.17, 15) is 13.2 Å². The number of anilines is 1. The van der Waals surface area contributed by atoms with Crippen molar-refractivity contribution >= 4 is 21.6 Å². The molecule has 29 heavy (non-hydrogen) atoms. The Bertz CT molecular complexity index is 971. The largest absolute Gasteiger partial charge is 0.494 e. The van der Waals surface area contributed by atoms with Crippen LogP contribution >= 0.6 is 0 Å². The van der Waals surface area contributed by atoms with Gasteiger partial charge in [-0.05, 0) is 69.5 Å². The number of sulfonamides is 1. The predicted molar refractivity (Wildman–Crippen MR) is 114 cm³/mol. The number of amides is 1. The molecule has 2 aromatic carbocycles. The van der Waals surface area contributed by atoms with E-state index in [1.165, 1.54) is 4.31 Å². The Morgan fingerprint density at radius 2 is 1.90 bits per heavy atom. The van der Waals surface area contributed by atoms with Crippen molar-refractivity contribution in [1.82, 2.24) is 4.31 Å². The van der Waals surface area contributed by atoms with E-state index >= 15 is 0 Å². The second kappa shape index (κ2) is 8.97. The molecule has 0 aromatic heterocycles. The van der Waals surface area contributed by atoms with Crippen LogP contribution in [0.4, 0.5) is 5.69 Å². The van der Waals surface area contributed by atoms with E-state index in [0.717, 1.165) is 16.8 Å². The summed E-state index contributed by atoms with van der Waals surface area (Å²) in [4.78, 5) is 13.0. The quantitative estimate of drug-likeness (QED) is 0.778. The van der Waals surface area contributed by atoms with Crippen LogP contribution in [0.25, 0.3) is 0 Å². The molecule has 1 heterocycles. The maximum atomic E-state index is 13.0. The van der Waals surface area contributed by atoms with Crippen molar-refractivity contribution in [2.45, 2.75) is 38.5 Å². The smallest absolute Gasteiger partial charge is 0.243 e.